The third-order valence-corrected chi connectivity index (χ3v) is 7.69. The first kappa shape index (κ1) is 24.2. The average Bonchev–Trinajstić information content (AvgIpc) is 3.27. The summed E-state index contributed by atoms with van der Waals surface area (Å²) in [4.78, 5) is 34.8. The highest BCUT2D eigenvalue weighted by molar-refractivity contribution is 6.01. The molecule has 0 spiro atoms. The normalized spacial score (nSPS) is 21.7. The first-order chi connectivity index (χ1) is 17.3. The lowest BCUT2D eigenvalue weighted by atomic mass is 9.76. The Labute approximate surface area is 212 Å². The summed E-state index contributed by atoms with van der Waals surface area (Å²) in [5.74, 6) is 1.55. The van der Waals surface area contributed by atoms with E-state index in [-0.39, 0.29) is 24.3 Å². The molecule has 0 bridgehead atoms. The maximum atomic E-state index is 14.1. The van der Waals surface area contributed by atoms with Crippen LogP contribution in [0.25, 0.3) is 10.9 Å². The summed E-state index contributed by atoms with van der Waals surface area (Å²) in [5.41, 5.74) is 2.65. The van der Waals surface area contributed by atoms with Gasteiger partial charge < -0.3 is 24.3 Å². The Morgan fingerprint density at radius 1 is 1.14 bits per heavy atom. The molecule has 2 aliphatic heterocycles. The quantitative estimate of drug-likeness (QED) is 0.524. The van der Waals surface area contributed by atoms with E-state index in [4.69, 9.17) is 9.47 Å². The van der Waals surface area contributed by atoms with Gasteiger partial charge in [0, 0.05) is 35.5 Å². The van der Waals surface area contributed by atoms with Crippen molar-refractivity contribution in [1.29, 1.82) is 0 Å². The van der Waals surface area contributed by atoms with Crippen molar-refractivity contribution in [3.05, 3.63) is 59.3 Å². The van der Waals surface area contributed by atoms with Crippen molar-refractivity contribution in [2.75, 3.05) is 33.4 Å². The lowest BCUT2D eigenvalue weighted by molar-refractivity contribution is -0.166. The van der Waals surface area contributed by atoms with Crippen LogP contribution in [-0.4, -0.2) is 59.9 Å². The number of amides is 2. The van der Waals surface area contributed by atoms with Gasteiger partial charge in [-0.3, -0.25) is 9.59 Å². The fourth-order valence-corrected chi connectivity index (χ4v) is 5.82. The summed E-state index contributed by atoms with van der Waals surface area (Å²) in [6, 6.07) is 14.0. The van der Waals surface area contributed by atoms with Crippen LogP contribution in [0.1, 0.15) is 56.9 Å². The zero-order valence-electron chi connectivity index (χ0n) is 21.8. The molecule has 1 saturated heterocycles. The third-order valence-electron chi connectivity index (χ3n) is 7.69. The Morgan fingerprint density at radius 3 is 2.64 bits per heavy atom. The monoisotopic (exact) mass is 489 g/mol. The van der Waals surface area contributed by atoms with Crippen molar-refractivity contribution in [2.24, 2.45) is 5.92 Å². The topological polar surface area (TPSA) is 74.9 Å². The Kier molecular flexibility index (Phi) is 6.18. The summed E-state index contributed by atoms with van der Waals surface area (Å²) in [6.45, 7) is 9.68. The van der Waals surface area contributed by atoms with Gasteiger partial charge in [0.25, 0.3) is 5.91 Å². The Morgan fingerprint density at radius 2 is 1.92 bits per heavy atom. The second-order valence-corrected chi connectivity index (χ2v) is 10.3. The lowest BCUT2D eigenvalue weighted by Crippen LogP contribution is -2.67. The van der Waals surface area contributed by atoms with Crippen LogP contribution in [-0.2, 0) is 15.1 Å². The summed E-state index contributed by atoms with van der Waals surface area (Å²) in [7, 11) is 1.63. The molecule has 2 aromatic carbocycles. The number of H-pyrrole nitrogens is 1. The number of ether oxygens (including phenoxy) is 2. The van der Waals surface area contributed by atoms with Crippen molar-refractivity contribution in [3.63, 3.8) is 0 Å². The van der Waals surface area contributed by atoms with Crippen molar-refractivity contribution in [2.45, 2.75) is 45.6 Å². The van der Waals surface area contributed by atoms with E-state index in [1.807, 2.05) is 50.2 Å². The first-order valence-corrected chi connectivity index (χ1v) is 12.8. The van der Waals surface area contributed by atoms with Crippen LogP contribution in [0.15, 0.2) is 42.5 Å². The van der Waals surface area contributed by atoms with Crippen molar-refractivity contribution in [1.82, 2.24) is 14.8 Å². The molecular weight excluding hydrogens is 454 g/mol. The summed E-state index contributed by atoms with van der Waals surface area (Å²) >= 11 is 0. The van der Waals surface area contributed by atoms with Gasteiger partial charge in [0.2, 0.25) is 5.91 Å². The molecule has 0 unspecified atom stereocenters. The van der Waals surface area contributed by atoms with Gasteiger partial charge in [-0.1, -0.05) is 44.2 Å². The molecule has 3 heterocycles. The number of carbonyl (C=O) groups is 2. The molecule has 7 nitrogen and oxygen atoms in total. The van der Waals surface area contributed by atoms with Gasteiger partial charge >= 0.3 is 0 Å². The largest absolute Gasteiger partial charge is 0.493 e. The Bertz CT molecular complexity index is 1310. The number of methoxy groups -OCH3 is 1. The maximum Gasteiger partial charge on any atom is 0.254 e. The molecule has 3 aromatic rings. The molecule has 1 N–H and O–H groups in total. The molecule has 2 amide bonds. The van der Waals surface area contributed by atoms with Crippen molar-refractivity contribution >= 4 is 22.7 Å². The zero-order valence-corrected chi connectivity index (χ0v) is 21.8. The number of aromatic nitrogens is 1. The van der Waals surface area contributed by atoms with Crippen molar-refractivity contribution < 1.29 is 19.1 Å². The van der Waals surface area contributed by atoms with Crippen LogP contribution >= 0.6 is 0 Å². The third kappa shape index (κ3) is 3.64. The van der Waals surface area contributed by atoms with Gasteiger partial charge in [0.05, 0.1) is 26.0 Å². The molecule has 1 aromatic heterocycles. The summed E-state index contributed by atoms with van der Waals surface area (Å²) in [6.07, 6.45) is 0.860. The number of benzene rings is 2. The van der Waals surface area contributed by atoms with Crippen LogP contribution in [0.4, 0.5) is 0 Å². The van der Waals surface area contributed by atoms with E-state index in [9.17, 15) is 9.59 Å². The number of aromatic amines is 1. The van der Waals surface area contributed by atoms with Crippen molar-refractivity contribution in [3.8, 4) is 11.5 Å². The highest BCUT2D eigenvalue weighted by atomic mass is 16.5. The first-order valence-electron chi connectivity index (χ1n) is 12.8. The fraction of sp³-hybridized carbons (Fsp3) is 0.448. The lowest BCUT2D eigenvalue weighted by Gasteiger charge is -2.51. The minimum atomic E-state index is -1.10. The number of rotatable bonds is 7. The van der Waals surface area contributed by atoms with E-state index >= 15 is 0 Å². The predicted molar refractivity (Wildman–Crippen MR) is 139 cm³/mol. The maximum absolute atomic E-state index is 14.1. The highest BCUT2D eigenvalue weighted by Gasteiger charge is 2.56. The fourth-order valence-electron chi connectivity index (χ4n) is 5.82. The number of hydrogen-bond donors (Lipinski definition) is 1. The number of piperazine rings is 1. The molecule has 2 aliphatic rings. The van der Waals surface area contributed by atoms with Gasteiger partial charge in [-0.05, 0) is 43.9 Å². The SMILES string of the molecule is CCOc1c(OC)cccc1[C@@H]1CN2C(=O)CN(CCC(C)C)C(=O)[C@]2(C)c2[nH]c3ccccc3c21. The number of para-hydroxylation sites is 2. The standard InChI is InChI=1S/C29H35N3O4/c1-6-36-26-19(11-9-13-23(26)35-5)21-16-32-24(33)17-31(15-14-18(2)3)28(34)29(32,4)27-25(21)20-10-7-8-12-22(20)30-27/h7-13,18,21,30H,6,14-17H2,1-5H3/t21-,29-/m0/s1. The zero-order chi connectivity index (χ0) is 25.6. The summed E-state index contributed by atoms with van der Waals surface area (Å²) in [5, 5.41) is 1.06. The second-order valence-electron chi connectivity index (χ2n) is 10.3. The van der Waals surface area contributed by atoms with E-state index in [1.165, 1.54) is 0 Å². The summed E-state index contributed by atoms with van der Waals surface area (Å²) < 4.78 is 11.7. The molecule has 7 heteroatoms. The molecule has 0 saturated carbocycles. The van der Waals surface area contributed by atoms with Crippen LogP contribution in [0.2, 0.25) is 0 Å². The molecule has 5 rings (SSSR count). The molecule has 190 valence electrons. The van der Waals surface area contributed by atoms with Crippen LogP contribution in [0.5, 0.6) is 11.5 Å². The number of hydrogen-bond acceptors (Lipinski definition) is 4. The number of nitrogens with one attached hydrogen (secondary N) is 1. The smallest absolute Gasteiger partial charge is 0.254 e. The van der Waals surface area contributed by atoms with E-state index < -0.39 is 5.54 Å². The number of carbonyl (C=O) groups excluding carboxylic acids is 2. The van der Waals surface area contributed by atoms with Gasteiger partial charge in [0.1, 0.15) is 0 Å². The van der Waals surface area contributed by atoms with Gasteiger partial charge in [0.15, 0.2) is 17.0 Å². The second kappa shape index (κ2) is 9.19. The number of nitrogens with zero attached hydrogens (tertiary/aromatic N) is 2. The van der Waals surface area contributed by atoms with Gasteiger partial charge in [-0.15, -0.1) is 0 Å². The molecule has 0 radical (unpaired) electrons. The van der Waals surface area contributed by atoms with E-state index in [1.54, 1.807) is 16.9 Å². The Hall–Kier alpha value is -3.48. The predicted octanol–water partition coefficient (Wildman–Crippen LogP) is 4.65. The average molecular weight is 490 g/mol. The van der Waals surface area contributed by atoms with Crippen LogP contribution in [0.3, 0.4) is 0 Å². The van der Waals surface area contributed by atoms with E-state index in [0.29, 0.717) is 37.1 Å². The van der Waals surface area contributed by atoms with Crippen LogP contribution < -0.4 is 9.47 Å². The molecule has 0 aliphatic carbocycles. The minimum absolute atomic E-state index is 0.0234. The molecule has 1 fully saturated rings. The number of fused-ring (bicyclic) bond motifs is 5. The minimum Gasteiger partial charge on any atom is -0.493 e. The Balaban J connectivity index is 1.72. The molecular formula is C29H35N3O4. The molecule has 36 heavy (non-hydrogen) atoms. The van der Waals surface area contributed by atoms with E-state index in [0.717, 1.165) is 34.1 Å². The van der Waals surface area contributed by atoms with Crippen LogP contribution in [0, 0.1) is 5.92 Å². The molecule has 2 atom stereocenters. The highest BCUT2D eigenvalue weighted by Crippen LogP contribution is 2.50. The van der Waals surface area contributed by atoms with E-state index in [2.05, 4.69) is 24.9 Å². The van der Waals surface area contributed by atoms with Gasteiger partial charge in [-0.2, -0.15) is 0 Å². The van der Waals surface area contributed by atoms with Gasteiger partial charge in [-0.25, -0.2) is 0 Å².